The summed E-state index contributed by atoms with van der Waals surface area (Å²) < 4.78 is 5.14. The Labute approximate surface area is 125 Å². The van der Waals surface area contributed by atoms with Gasteiger partial charge in [-0.3, -0.25) is 0 Å². The molecule has 1 N–H and O–H groups in total. The Morgan fingerprint density at radius 1 is 0.952 bits per heavy atom. The fourth-order valence-electron chi connectivity index (χ4n) is 2.58. The van der Waals surface area contributed by atoms with Gasteiger partial charge in [0.15, 0.2) is 0 Å². The van der Waals surface area contributed by atoms with Crippen LogP contribution in [-0.2, 0) is 0 Å². The number of aliphatic hydroxyl groups is 1. The third-order valence-corrected chi connectivity index (χ3v) is 3.82. The van der Waals surface area contributed by atoms with E-state index in [0.717, 1.165) is 23.3 Å². The minimum Gasteiger partial charge on any atom is -0.497 e. The topological polar surface area (TPSA) is 29.5 Å². The van der Waals surface area contributed by atoms with Crippen molar-refractivity contribution in [3.63, 3.8) is 0 Å². The van der Waals surface area contributed by atoms with Crippen LogP contribution in [0.1, 0.15) is 23.7 Å². The largest absolute Gasteiger partial charge is 0.497 e. The molecule has 2 heteroatoms. The monoisotopic (exact) mass is 278 g/mol. The predicted octanol–water partition coefficient (Wildman–Crippen LogP) is 4.14. The summed E-state index contributed by atoms with van der Waals surface area (Å²) >= 11 is 0. The number of methoxy groups -OCH3 is 1. The first-order chi connectivity index (χ1) is 10.3. The molecule has 0 amide bonds. The molecule has 2 aromatic carbocycles. The Morgan fingerprint density at radius 3 is 2.33 bits per heavy atom. The Balaban J connectivity index is 1.72. The molecule has 2 aromatic rings. The fraction of sp³-hybridized carbons (Fsp3) is 0.158. The van der Waals surface area contributed by atoms with Gasteiger partial charge in [0.05, 0.1) is 7.11 Å². The summed E-state index contributed by atoms with van der Waals surface area (Å²) in [4.78, 5) is 0. The Bertz CT molecular complexity index is 666. The van der Waals surface area contributed by atoms with E-state index >= 15 is 0 Å². The fourth-order valence-corrected chi connectivity index (χ4v) is 2.58. The standard InChI is InChI=1S/C19H18O2/c1-21-18-11-9-15(10-12-18)19(20)17-8-7-16(13-17)14-5-3-2-4-6-14/h2-12,19-20H,13H2,1H3. The van der Waals surface area contributed by atoms with E-state index < -0.39 is 6.10 Å². The molecule has 106 valence electrons. The van der Waals surface area contributed by atoms with Crippen molar-refractivity contribution in [3.8, 4) is 5.75 Å². The van der Waals surface area contributed by atoms with Crippen molar-refractivity contribution in [1.82, 2.24) is 0 Å². The lowest BCUT2D eigenvalue weighted by molar-refractivity contribution is 0.214. The van der Waals surface area contributed by atoms with Gasteiger partial charge in [0, 0.05) is 0 Å². The Morgan fingerprint density at radius 2 is 1.67 bits per heavy atom. The number of hydrogen-bond donors (Lipinski definition) is 1. The van der Waals surface area contributed by atoms with Crippen molar-refractivity contribution in [2.45, 2.75) is 12.5 Å². The zero-order valence-corrected chi connectivity index (χ0v) is 12.0. The second-order valence-corrected chi connectivity index (χ2v) is 5.15. The van der Waals surface area contributed by atoms with E-state index in [1.807, 2.05) is 48.5 Å². The quantitative estimate of drug-likeness (QED) is 0.910. The molecule has 0 spiro atoms. The van der Waals surface area contributed by atoms with Gasteiger partial charge in [0.25, 0.3) is 0 Å². The molecule has 1 aliphatic rings. The summed E-state index contributed by atoms with van der Waals surface area (Å²) in [5.74, 6) is 0.800. The smallest absolute Gasteiger partial charge is 0.118 e. The van der Waals surface area contributed by atoms with Crippen molar-refractivity contribution < 1.29 is 9.84 Å². The molecule has 21 heavy (non-hydrogen) atoms. The highest BCUT2D eigenvalue weighted by atomic mass is 16.5. The molecule has 2 nitrogen and oxygen atoms in total. The van der Waals surface area contributed by atoms with E-state index in [2.05, 4.69) is 18.2 Å². The van der Waals surface area contributed by atoms with Crippen LogP contribution in [0.2, 0.25) is 0 Å². The summed E-state index contributed by atoms with van der Waals surface area (Å²) in [6.07, 6.45) is 4.35. The van der Waals surface area contributed by atoms with Gasteiger partial charge in [-0.1, -0.05) is 54.6 Å². The van der Waals surface area contributed by atoms with Gasteiger partial charge in [-0.25, -0.2) is 0 Å². The van der Waals surface area contributed by atoms with Crippen LogP contribution in [0.3, 0.4) is 0 Å². The number of hydrogen-bond acceptors (Lipinski definition) is 2. The number of allylic oxidation sites excluding steroid dienone is 3. The maximum Gasteiger partial charge on any atom is 0.118 e. The summed E-state index contributed by atoms with van der Waals surface area (Å²) in [7, 11) is 1.64. The second kappa shape index (κ2) is 5.98. The van der Waals surface area contributed by atoms with E-state index in [1.165, 1.54) is 11.1 Å². The maximum absolute atomic E-state index is 10.5. The number of ether oxygens (including phenoxy) is 1. The average molecular weight is 278 g/mol. The summed E-state index contributed by atoms with van der Waals surface area (Å²) in [5, 5.41) is 10.5. The molecule has 1 atom stereocenters. The number of benzene rings is 2. The summed E-state index contributed by atoms with van der Waals surface area (Å²) in [5.41, 5.74) is 4.38. The molecule has 1 unspecified atom stereocenters. The van der Waals surface area contributed by atoms with Crippen molar-refractivity contribution in [2.75, 3.05) is 7.11 Å². The molecule has 0 saturated carbocycles. The molecule has 0 aromatic heterocycles. The third kappa shape index (κ3) is 2.91. The van der Waals surface area contributed by atoms with E-state index in [0.29, 0.717) is 0 Å². The Kier molecular flexibility index (Phi) is 3.89. The molecule has 0 bridgehead atoms. The van der Waals surface area contributed by atoms with Crippen LogP contribution in [0.4, 0.5) is 0 Å². The van der Waals surface area contributed by atoms with Crippen LogP contribution in [0, 0.1) is 0 Å². The average Bonchev–Trinajstić information content (AvgIpc) is 3.05. The second-order valence-electron chi connectivity index (χ2n) is 5.15. The normalized spacial score (nSPS) is 15.3. The zero-order chi connectivity index (χ0) is 14.7. The summed E-state index contributed by atoms with van der Waals surface area (Å²) in [6, 6.07) is 17.8. The van der Waals surface area contributed by atoms with Gasteiger partial charge in [-0.05, 0) is 40.8 Å². The lowest BCUT2D eigenvalue weighted by Crippen LogP contribution is -2.00. The zero-order valence-electron chi connectivity index (χ0n) is 12.0. The molecule has 1 aliphatic carbocycles. The van der Waals surface area contributed by atoms with Crippen LogP contribution >= 0.6 is 0 Å². The van der Waals surface area contributed by atoms with Crippen molar-refractivity contribution in [3.05, 3.63) is 83.4 Å². The van der Waals surface area contributed by atoms with Crippen molar-refractivity contribution in [2.24, 2.45) is 0 Å². The molecule has 0 heterocycles. The molecule has 0 fully saturated rings. The van der Waals surface area contributed by atoms with Crippen molar-refractivity contribution in [1.29, 1.82) is 0 Å². The van der Waals surface area contributed by atoms with E-state index in [4.69, 9.17) is 4.74 Å². The van der Waals surface area contributed by atoms with Crippen molar-refractivity contribution >= 4 is 5.57 Å². The van der Waals surface area contributed by atoms with E-state index in [1.54, 1.807) is 7.11 Å². The minimum atomic E-state index is -0.562. The SMILES string of the molecule is COc1ccc(C(O)C2=CC=C(c3ccccc3)C2)cc1. The van der Waals surface area contributed by atoms with Crippen LogP contribution < -0.4 is 4.74 Å². The van der Waals surface area contributed by atoms with Gasteiger partial charge in [0.1, 0.15) is 11.9 Å². The first-order valence-electron chi connectivity index (χ1n) is 7.05. The Hall–Kier alpha value is -2.32. The predicted molar refractivity (Wildman–Crippen MR) is 85.1 cm³/mol. The molecule has 0 aliphatic heterocycles. The lowest BCUT2D eigenvalue weighted by atomic mass is 9.97. The van der Waals surface area contributed by atoms with E-state index in [9.17, 15) is 5.11 Å². The highest BCUT2D eigenvalue weighted by Gasteiger charge is 2.18. The van der Waals surface area contributed by atoms with Gasteiger partial charge >= 0.3 is 0 Å². The van der Waals surface area contributed by atoms with Gasteiger partial charge in [0.2, 0.25) is 0 Å². The molecule has 3 rings (SSSR count). The molecule has 0 radical (unpaired) electrons. The lowest BCUT2D eigenvalue weighted by Gasteiger charge is -2.14. The molecule has 0 saturated heterocycles. The number of aliphatic hydroxyl groups excluding tert-OH is 1. The molecular formula is C19H18O2. The first-order valence-corrected chi connectivity index (χ1v) is 7.05. The first kappa shape index (κ1) is 13.7. The van der Waals surface area contributed by atoms with Crippen LogP contribution in [0.15, 0.2) is 72.3 Å². The van der Waals surface area contributed by atoms with Crippen LogP contribution in [0.5, 0.6) is 5.75 Å². The van der Waals surface area contributed by atoms with Gasteiger partial charge < -0.3 is 9.84 Å². The summed E-state index contributed by atoms with van der Waals surface area (Å²) in [6.45, 7) is 0. The van der Waals surface area contributed by atoms with E-state index in [-0.39, 0.29) is 0 Å². The van der Waals surface area contributed by atoms with Gasteiger partial charge in [-0.2, -0.15) is 0 Å². The third-order valence-electron chi connectivity index (χ3n) is 3.82. The van der Waals surface area contributed by atoms with Crippen LogP contribution in [-0.4, -0.2) is 12.2 Å². The van der Waals surface area contributed by atoms with Gasteiger partial charge in [-0.15, -0.1) is 0 Å². The highest BCUT2D eigenvalue weighted by molar-refractivity contribution is 5.72. The minimum absolute atomic E-state index is 0.562. The van der Waals surface area contributed by atoms with Crippen LogP contribution in [0.25, 0.3) is 5.57 Å². The molecular weight excluding hydrogens is 260 g/mol. The number of rotatable bonds is 4. The highest BCUT2D eigenvalue weighted by Crippen LogP contribution is 2.35. The maximum atomic E-state index is 10.5.